The third kappa shape index (κ3) is 5.18. The minimum absolute atomic E-state index is 0. The van der Waals surface area contributed by atoms with Gasteiger partial charge in [0.25, 0.3) is 0 Å². The summed E-state index contributed by atoms with van der Waals surface area (Å²) in [4.78, 5) is 0. The molecule has 0 atom stereocenters. The molecule has 1 aromatic rings. The van der Waals surface area contributed by atoms with Crippen LogP contribution in [0.1, 0.15) is 37.5 Å². The van der Waals surface area contributed by atoms with Crippen molar-refractivity contribution >= 4 is 12.2 Å². The van der Waals surface area contributed by atoms with Crippen LogP contribution in [0.5, 0.6) is 0 Å². The Kier molecular flexibility index (Phi) is 9.90. The van der Waals surface area contributed by atoms with Crippen molar-refractivity contribution in [2.75, 3.05) is 0 Å². The van der Waals surface area contributed by atoms with Crippen molar-refractivity contribution in [3.05, 3.63) is 47.5 Å². The summed E-state index contributed by atoms with van der Waals surface area (Å²) < 4.78 is 0. The van der Waals surface area contributed by atoms with Gasteiger partial charge in [0.15, 0.2) is 0 Å². The molecular formula is C14H22O. The monoisotopic (exact) mass is 206 g/mol. The van der Waals surface area contributed by atoms with Gasteiger partial charge in [0.2, 0.25) is 0 Å². The van der Waals surface area contributed by atoms with Crippen molar-refractivity contribution < 1.29 is 5.48 Å². The van der Waals surface area contributed by atoms with E-state index in [1.807, 2.05) is 32.9 Å². The largest absolute Gasteiger partial charge is 0.412 e. The third-order valence-electron chi connectivity index (χ3n) is 1.81. The molecule has 0 radical (unpaired) electrons. The van der Waals surface area contributed by atoms with Gasteiger partial charge < -0.3 is 5.48 Å². The van der Waals surface area contributed by atoms with Gasteiger partial charge in [0, 0.05) is 0 Å². The van der Waals surface area contributed by atoms with Crippen LogP contribution in [0.25, 0.3) is 12.2 Å². The van der Waals surface area contributed by atoms with Crippen LogP contribution in [0.3, 0.4) is 0 Å². The number of aryl methyl sites for hydroxylation is 1. The average Bonchev–Trinajstić information content (AvgIpc) is 2.22. The lowest BCUT2D eigenvalue weighted by atomic mass is 10.0. The lowest BCUT2D eigenvalue weighted by Crippen LogP contribution is -1.81. The molecule has 0 heterocycles. The molecule has 1 aromatic carbocycles. The van der Waals surface area contributed by atoms with E-state index in [-0.39, 0.29) is 5.48 Å². The quantitative estimate of drug-likeness (QED) is 0.703. The van der Waals surface area contributed by atoms with Crippen molar-refractivity contribution in [1.82, 2.24) is 0 Å². The normalized spacial score (nSPS) is 8.80. The summed E-state index contributed by atoms with van der Waals surface area (Å²) in [6, 6.07) is 6.36. The number of rotatable bonds is 2. The van der Waals surface area contributed by atoms with Gasteiger partial charge in [0.05, 0.1) is 0 Å². The van der Waals surface area contributed by atoms with E-state index in [2.05, 4.69) is 37.8 Å². The molecule has 1 heteroatoms. The van der Waals surface area contributed by atoms with E-state index in [4.69, 9.17) is 0 Å². The number of benzene rings is 1. The predicted molar refractivity (Wildman–Crippen MR) is 70.9 cm³/mol. The van der Waals surface area contributed by atoms with Crippen LogP contribution in [0.15, 0.2) is 30.9 Å². The van der Waals surface area contributed by atoms with Crippen molar-refractivity contribution in [1.29, 1.82) is 0 Å². The molecule has 0 aliphatic heterocycles. The van der Waals surface area contributed by atoms with Gasteiger partial charge in [-0.05, 0) is 25.0 Å². The minimum atomic E-state index is 0. The highest BCUT2D eigenvalue weighted by molar-refractivity contribution is 5.64. The maximum absolute atomic E-state index is 3.77. The fourth-order valence-corrected chi connectivity index (χ4v) is 1.20. The SMILES string of the molecule is C=Cc1ccc(C)cc1/C=C\C.CC.O. The van der Waals surface area contributed by atoms with E-state index in [1.165, 1.54) is 16.7 Å². The van der Waals surface area contributed by atoms with Crippen LogP contribution in [0.4, 0.5) is 0 Å². The number of allylic oxidation sites excluding steroid dienone is 1. The Morgan fingerprint density at radius 3 is 2.20 bits per heavy atom. The molecule has 2 N–H and O–H groups in total. The summed E-state index contributed by atoms with van der Waals surface area (Å²) in [7, 11) is 0. The molecule has 0 spiro atoms. The summed E-state index contributed by atoms with van der Waals surface area (Å²) >= 11 is 0. The molecule has 0 fully saturated rings. The van der Waals surface area contributed by atoms with E-state index in [0.29, 0.717) is 0 Å². The lowest BCUT2D eigenvalue weighted by molar-refractivity contribution is 0.824. The van der Waals surface area contributed by atoms with E-state index < -0.39 is 0 Å². The highest BCUT2D eigenvalue weighted by Crippen LogP contribution is 2.14. The van der Waals surface area contributed by atoms with Gasteiger partial charge in [-0.1, -0.05) is 62.4 Å². The fraction of sp³-hybridized carbons (Fsp3) is 0.286. The standard InChI is InChI=1S/C12H14.C2H6.H2O/c1-4-6-12-9-10(3)7-8-11(12)5-2;1-2;/h4-9H,2H2,1,3H3;1-2H3;1H2/b6-4-;;. The van der Waals surface area contributed by atoms with Gasteiger partial charge >= 0.3 is 0 Å². The van der Waals surface area contributed by atoms with Crippen LogP contribution in [-0.2, 0) is 0 Å². The molecule has 1 nitrogen and oxygen atoms in total. The van der Waals surface area contributed by atoms with Gasteiger partial charge in [-0.25, -0.2) is 0 Å². The number of hydrogen-bond acceptors (Lipinski definition) is 0. The lowest BCUT2D eigenvalue weighted by Gasteiger charge is -2.01. The van der Waals surface area contributed by atoms with Crippen LogP contribution in [-0.4, -0.2) is 5.48 Å². The first-order chi connectivity index (χ1) is 6.77. The Hall–Kier alpha value is -1.34. The summed E-state index contributed by atoms with van der Waals surface area (Å²) in [6.45, 7) is 11.9. The molecule has 84 valence electrons. The van der Waals surface area contributed by atoms with Crippen molar-refractivity contribution in [3.8, 4) is 0 Å². The van der Waals surface area contributed by atoms with Crippen LogP contribution < -0.4 is 0 Å². The smallest absolute Gasteiger partial charge is 0.0185 e. The van der Waals surface area contributed by atoms with Crippen LogP contribution >= 0.6 is 0 Å². The molecule has 1 rings (SSSR count). The summed E-state index contributed by atoms with van der Waals surface area (Å²) in [5, 5.41) is 0. The molecule has 0 saturated carbocycles. The second-order valence-electron chi connectivity index (χ2n) is 2.84. The molecule has 0 amide bonds. The Balaban J connectivity index is 0. The van der Waals surface area contributed by atoms with E-state index in [1.54, 1.807) is 0 Å². The maximum Gasteiger partial charge on any atom is -0.0185 e. The molecule has 0 bridgehead atoms. The zero-order valence-corrected chi connectivity index (χ0v) is 10.2. The van der Waals surface area contributed by atoms with Crippen LogP contribution in [0.2, 0.25) is 0 Å². The molecular weight excluding hydrogens is 184 g/mol. The molecule has 0 aromatic heterocycles. The first-order valence-corrected chi connectivity index (χ1v) is 5.13. The minimum Gasteiger partial charge on any atom is -0.412 e. The average molecular weight is 206 g/mol. The number of hydrogen-bond donors (Lipinski definition) is 0. The molecule has 15 heavy (non-hydrogen) atoms. The summed E-state index contributed by atoms with van der Waals surface area (Å²) in [5.41, 5.74) is 3.72. The maximum atomic E-state index is 3.77. The highest BCUT2D eigenvalue weighted by Gasteiger charge is 1.94. The van der Waals surface area contributed by atoms with Gasteiger partial charge in [0.1, 0.15) is 0 Å². The van der Waals surface area contributed by atoms with Crippen molar-refractivity contribution in [2.24, 2.45) is 0 Å². The Labute approximate surface area is 93.5 Å². The third-order valence-corrected chi connectivity index (χ3v) is 1.81. The zero-order chi connectivity index (χ0) is 11.0. The molecule has 0 unspecified atom stereocenters. The van der Waals surface area contributed by atoms with Crippen LogP contribution in [0, 0.1) is 6.92 Å². The second kappa shape index (κ2) is 9.22. The molecule has 0 aliphatic carbocycles. The van der Waals surface area contributed by atoms with Crippen molar-refractivity contribution in [3.63, 3.8) is 0 Å². The van der Waals surface area contributed by atoms with E-state index in [9.17, 15) is 0 Å². The Morgan fingerprint density at radius 1 is 1.13 bits per heavy atom. The first-order valence-electron chi connectivity index (χ1n) is 5.13. The topological polar surface area (TPSA) is 31.5 Å². The zero-order valence-electron chi connectivity index (χ0n) is 10.2. The predicted octanol–water partition coefficient (Wildman–Crippen LogP) is 3.87. The van der Waals surface area contributed by atoms with Gasteiger partial charge in [-0.15, -0.1) is 0 Å². The Bertz CT molecular complexity index is 311. The second-order valence-corrected chi connectivity index (χ2v) is 2.84. The molecule has 0 aliphatic rings. The fourth-order valence-electron chi connectivity index (χ4n) is 1.20. The first kappa shape index (κ1) is 16.1. The molecule has 0 saturated heterocycles. The van der Waals surface area contributed by atoms with Gasteiger partial charge in [-0.3, -0.25) is 0 Å². The van der Waals surface area contributed by atoms with Gasteiger partial charge in [-0.2, -0.15) is 0 Å². The summed E-state index contributed by atoms with van der Waals surface area (Å²) in [6.07, 6.45) is 6.03. The van der Waals surface area contributed by atoms with E-state index >= 15 is 0 Å². The highest BCUT2D eigenvalue weighted by atomic mass is 16.0. The Morgan fingerprint density at radius 2 is 1.73 bits per heavy atom. The van der Waals surface area contributed by atoms with Crippen molar-refractivity contribution in [2.45, 2.75) is 27.7 Å². The summed E-state index contributed by atoms with van der Waals surface area (Å²) in [5.74, 6) is 0. The van der Waals surface area contributed by atoms with E-state index in [0.717, 1.165) is 0 Å².